The van der Waals surface area contributed by atoms with E-state index in [1.165, 1.54) is 17.5 Å². The molecule has 2 unspecified atom stereocenters. The molecule has 0 fully saturated rings. The van der Waals surface area contributed by atoms with E-state index >= 15 is 0 Å². The van der Waals surface area contributed by atoms with E-state index in [0.717, 1.165) is 31.1 Å². The predicted molar refractivity (Wildman–Crippen MR) is 85.3 cm³/mol. The van der Waals surface area contributed by atoms with Crippen LogP contribution in [0, 0.1) is 12.8 Å². The first-order valence-electron chi connectivity index (χ1n) is 7.96. The van der Waals surface area contributed by atoms with Crippen LogP contribution >= 0.6 is 0 Å². The lowest BCUT2D eigenvalue weighted by Gasteiger charge is -2.40. The average molecular weight is 275 g/mol. The molecule has 2 rings (SSSR count). The van der Waals surface area contributed by atoms with Gasteiger partial charge in [-0.15, -0.1) is 0 Å². The normalized spacial score (nSPS) is 25.4. The van der Waals surface area contributed by atoms with Crippen molar-refractivity contribution in [2.24, 2.45) is 5.92 Å². The Morgan fingerprint density at radius 2 is 2.15 bits per heavy atom. The van der Waals surface area contributed by atoms with Crippen molar-refractivity contribution in [1.29, 1.82) is 0 Å². The minimum atomic E-state index is -0.0453. The molecule has 2 heteroatoms. The summed E-state index contributed by atoms with van der Waals surface area (Å²) in [5.41, 5.74) is 2.55. The molecule has 1 aliphatic rings. The van der Waals surface area contributed by atoms with Crippen LogP contribution < -0.4 is 10.1 Å². The summed E-state index contributed by atoms with van der Waals surface area (Å²) < 4.78 is 6.27. The third-order valence-corrected chi connectivity index (χ3v) is 4.40. The lowest BCUT2D eigenvalue weighted by molar-refractivity contribution is 0.0440. The van der Waals surface area contributed by atoms with Crippen LogP contribution in [-0.2, 0) is 0 Å². The number of fused-ring (bicyclic) bond motifs is 1. The van der Waals surface area contributed by atoms with E-state index in [2.05, 4.69) is 58.1 Å². The molecule has 1 aromatic rings. The van der Waals surface area contributed by atoms with Gasteiger partial charge in [0.25, 0.3) is 0 Å². The van der Waals surface area contributed by atoms with Crippen LogP contribution in [0.3, 0.4) is 0 Å². The van der Waals surface area contributed by atoms with Crippen LogP contribution in [-0.4, -0.2) is 12.1 Å². The summed E-state index contributed by atoms with van der Waals surface area (Å²) >= 11 is 0. The first-order chi connectivity index (χ1) is 9.43. The summed E-state index contributed by atoms with van der Waals surface area (Å²) in [7, 11) is 0. The first-order valence-corrected chi connectivity index (χ1v) is 7.96. The van der Waals surface area contributed by atoms with E-state index in [-0.39, 0.29) is 5.60 Å². The maximum Gasteiger partial charge on any atom is 0.125 e. The summed E-state index contributed by atoms with van der Waals surface area (Å²) in [6.45, 7) is 12.2. The number of aryl methyl sites for hydroxylation is 1. The molecule has 0 saturated carbocycles. The average Bonchev–Trinajstić information content (AvgIpc) is 2.37. The number of rotatable bonds is 5. The molecule has 0 saturated heterocycles. The van der Waals surface area contributed by atoms with E-state index in [9.17, 15) is 0 Å². The lowest BCUT2D eigenvalue weighted by atomic mass is 9.86. The molecule has 2 nitrogen and oxygen atoms in total. The molecule has 0 spiro atoms. The van der Waals surface area contributed by atoms with Crippen molar-refractivity contribution in [2.45, 2.75) is 65.5 Å². The second kappa shape index (κ2) is 6.17. The molecule has 112 valence electrons. The van der Waals surface area contributed by atoms with Crippen molar-refractivity contribution < 1.29 is 4.74 Å². The number of hydrogen-bond acceptors (Lipinski definition) is 2. The van der Waals surface area contributed by atoms with Crippen LogP contribution in [0.15, 0.2) is 18.2 Å². The van der Waals surface area contributed by atoms with E-state index in [0.29, 0.717) is 6.04 Å². The second-order valence-electron chi connectivity index (χ2n) is 6.84. The van der Waals surface area contributed by atoms with Crippen molar-refractivity contribution >= 4 is 0 Å². The summed E-state index contributed by atoms with van der Waals surface area (Å²) in [4.78, 5) is 0. The zero-order valence-corrected chi connectivity index (χ0v) is 13.6. The summed E-state index contributed by atoms with van der Waals surface area (Å²) in [6, 6.07) is 7.02. The Balaban J connectivity index is 2.18. The van der Waals surface area contributed by atoms with Crippen molar-refractivity contribution in [3.05, 3.63) is 29.3 Å². The summed E-state index contributed by atoms with van der Waals surface area (Å²) in [5, 5.41) is 3.74. The molecule has 1 aromatic carbocycles. The SMILES string of the molecule is CCC1(C)CC(NCCC(C)C)c2ccc(C)cc2O1. The van der Waals surface area contributed by atoms with Gasteiger partial charge in [-0.25, -0.2) is 0 Å². The molecule has 2 atom stereocenters. The highest BCUT2D eigenvalue weighted by Gasteiger charge is 2.35. The van der Waals surface area contributed by atoms with Crippen molar-refractivity contribution in [3.8, 4) is 5.75 Å². The summed E-state index contributed by atoms with van der Waals surface area (Å²) in [5.74, 6) is 1.82. The Kier molecular flexibility index (Phi) is 4.74. The highest BCUT2D eigenvalue weighted by molar-refractivity contribution is 5.41. The second-order valence-corrected chi connectivity index (χ2v) is 6.84. The maximum absolute atomic E-state index is 6.27. The number of ether oxygens (including phenoxy) is 1. The van der Waals surface area contributed by atoms with Gasteiger partial charge in [0.1, 0.15) is 11.4 Å². The van der Waals surface area contributed by atoms with Gasteiger partial charge in [-0.05, 0) is 50.8 Å². The lowest BCUT2D eigenvalue weighted by Crippen LogP contribution is -2.41. The molecular formula is C18H29NO. The van der Waals surface area contributed by atoms with Gasteiger partial charge in [0, 0.05) is 18.0 Å². The zero-order valence-electron chi connectivity index (χ0n) is 13.6. The van der Waals surface area contributed by atoms with Gasteiger partial charge in [0.2, 0.25) is 0 Å². The molecule has 20 heavy (non-hydrogen) atoms. The van der Waals surface area contributed by atoms with Gasteiger partial charge in [-0.2, -0.15) is 0 Å². The number of hydrogen-bond donors (Lipinski definition) is 1. The van der Waals surface area contributed by atoms with Crippen LogP contribution in [0.4, 0.5) is 0 Å². The minimum Gasteiger partial charge on any atom is -0.487 e. The maximum atomic E-state index is 6.27. The Bertz CT molecular complexity index is 455. The molecule has 1 N–H and O–H groups in total. The molecule has 0 radical (unpaired) electrons. The molecule has 0 amide bonds. The van der Waals surface area contributed by atoms with E-state index in [1.54, 1.807) is 0 Å². The van der Waals surface area contributed by atoms with Crippen molar-refractivity contribution in [2.75, 3.05) is 6.54 Å². The van der Waals surface area contributed by atoms with Gasteiger partial charge in [0.05, 0.1) is 0 Å². The molecule has 0 aliphatic carbocycles. The van der Waals surface area contributed by atoms with Crippen LogP contribution in [0.2, 0.25) is 0 Å². The van der Waals surface area contributed by atoms with Gasteiger partial charge < -0.3 is 10.1 Å². The van der Waals surface area contributed by atoms with Crippen LogP contribution in [0.5, 0.6) is 5.75 Å². The predicted octanol–water partition coefficient (Wildman–Crippen LogP) is 4.62. The van der Waals surface area contributed by atoms with E-state index < -0.39 is 0 Å². The van der Waals surface area contributed by atoms with Gasteiger partial charge >= 0.3 is 0 Å². The smallest absolute Gasteiger partial charge is 0.125 e. The third kappa shape index (κ3) is 3.54. The third-order valence-electron chi connectivity index (χ3n) is 4.40. The van der Waals surface area contributed by atoms with Crippen molar-refractivity contribution in [3.63, 3.8) is 0 Å². The first kappa shape index (κ1) is 15.4. The molecule has 0 bridgehead atoms. The Morgan fingerprint density at radius 1 is 1.40 bits per heavy atom. The van der Waals surface area contributed by atoms with Gasteiger partial charge in [-0.3, -0.25) is 0 Å². The van der Waals surface area contributed by atoms with Crippen LogP contribution in [0.1, 0.15) is 64.1 Å². The topological polar surface area (TPSA) is 21.3 Å². The molecule has 1 heterocycles. The Hall–Kier alpha value is -1.02. The summed E-state index contributed by atoms with van der Waals surface area (Å²) in [6.07, 6.45) is 3.32. The zero-order chi connectivity index (χ0) is 14.8. The van der Waals surface area contributed by atoms with Gasteiger partial charge in [0.15, 0.2) is 0 Å². The Labute approximate surface area is 123 Å². The fourth-order valence-corrected chi connectivity index (χ4v) is 2.81. The fourth-order valence-electron chi connectivity index (χ4n) is 2.81. The fraction of sp³-hybridized carbons (Fsp3) is 0.667. The van der Waals surface area contributed by atoms with Gasteiger partial charge in [-0.1, -0.05) is 32.9 Å². The highest BCUT2D eigenvalue weighted by Crippen LogP contribution is 2.41. The number of nitrogens with one attached hydrogen (secondary N) is 1. The monoisotopic (exact) mass is 275 g/mol. The Morgan fingerprint density at radius 3 is 2.80 bits per heavy atom. The van der Waals surface area contributed by atoms with E-state index in [1.807, 2.05) is 0 Å². The molecular weight excluding hydrogens is 246 g/mol. The number of benzene rings is 1. The van der Waals surface area contributed by atoms with Crippen LogP contribution in [0.25, 0.3) is 0 Å². The minimum absolute atomic E-state index is 0.0453. The molecule has 1 aliphatic heterocycles. The molecule has 0 aromatic heterocycles. The van der Waals surface area contributed by atoms with Crippen molar-refractivity contribution in [1.82, 2.24) is 5.32 Å². The highest BCUT2D eigenvalue weighted by atomic mass is 16.5. The van der Waals surface area contributed by atoms with E-state index in [4.69, 9.17) is 4.74 Å². The standard InChI is InChI=1S/C18H29NO/c1-6-18(5)12-16(19-10-9-13(2)3)15-8-7-14(4)11-17(15)20-18/h7-8,11,13,16,19H,6,9-10,12H2,1-5H3. The quantitative estimate of drug-likeness (QED) is 0.846. The largest absolute Gasteiger partial charge is 0.487 e.